The fraction of sp³-hybridized carbons (Fsp3) is 0.269. The summed E-state index contributed by atoms with van der Waals surface area (Å²) in [7, 11) is -0.779. The molecular weight excluding hydrogens is 470 g/mol. The van der Waals surface area contributed by atoms with Crippen molar-refractivity contribution < 1.29 is 31.6 Å². The Balaban J connectivity index is 1.45. The number of benzene rings is 3. The second-order valence-electron chi connectivity index (χ2n) is 8.17. The minimum Gasteiger partial charge on any atom is -0.497 e. The Labute approximate surface area is 205 Å². The molecule has 0 N–H and O–H groups in total. The number of carbonyl (C=O) groups is 1. The molecule has 1 amide bonds. The van der Waals surface area contributed by atoms with Crippen LogP contribution in [0, 0.1) is 6.92 Å². The van der Waals surface area contributed by atoms with E-state index in [1.807, 2.05) is 19.1 Å². The highest BCUT2D eigenvalue weighted by Gasteiger charge is 2.28. The van der Waals surface area contributed by atoms with Crippen LogP contribution in [-0.4, -0.2) is 46.6 Å². The number of methoxy groups -OCH3 is 2. The van der Waals surface area contributed by atoms with Crippen molar-refractivity contribution in [3.05, 3.63) is 83.4 Å². The van der Waals surface area contributed by atoms with Crippen LogP contribution in [0.2, 0.25) is 0 Å². The molecule has 0 aromatic heterocycles. The molecule has 0 radical (unpaired) electrons. The molecule has 0 saturated carbocycles. The van der Waals surface area contributed by atoms with Gasteiger partial charge in [0.2, 0.25) is 5.91 Å². The Morgan fingerprint density at radius 3 is 2.29 bits per heavy atom. The Morgan fingerprint density at radius 2 is 1.63 bits per heavy atom. The van der Waals surface area contributed by atoms with Crippen LogP contribution < -0.4 is 13.7 Å². The van der Waals surface area contributed by atoms with Gasteiger partial charge >= 0.3 is 10.1 Å². The molecule has 1 unspecified atom stereocenters. The summed E-state index contributed by atoms with van der Waals surface area (Å²) < 4.78 is 46.8. The minimum atomic E-state index is -3.94. The maximum Gasteiger partial charge on any atom is 0.339 e. The van der Waals surface area contributed by atoms with Crippen LogP contribution >= 0.6 is 0 Å². The predicted octanol–water partition coefficient (Wildman–Crippen LogP) is 3.88. The van der Waals surface area contributed by atoms with Gasteiger partial charge < -0.3 is 23.3 Å². The molecule has 3 aromatic carbocycles. The molecule has 1 saturated heterocycles. The van der Waals surface area contributed by atoms with Gasteiger partial charge in [0.1, 0.15) is 34.9 Å². The maximum absolute atomic E-state index is 12.5. The summed E-state index contributed by atoms with van der Waals surface area (Å²) in [5.74, 6) is 1.38. The zero-order valence-electron chi connectivity index (χ0n) is 19.8. The average molecular weight is 498 g/mol. The van der Waals surface area contributed by atoms with E-state index >= 15 is 0 Å². The molecule has 3 aromatic rings. The summed E-state index contributed by atoms with van der Waals surface area (Å²) in [5.41, 5.74) is 2.62. The number of hydrogen-bond acceptors (Lipinski definition) is 7. The van der Waals surface area contributed by atoms with Crippen molar-refractivity contribution in [2.75, 3.05) is 27.4 Å². The topological polar surface area (TPSA) is 91.4 Å². The third-order valence-electron chi connectivity index (χ3n) is 5.77. The molecule has 1 atom stereocenters. The summed E-state index contributed by atoms with van der Waals surface area (Å²) in [6, 6.07) is 18.6. The van der Waals surface area contributed by atoms with Gasteiger partial charge in [-0.15, -0.1) is 0 Å². The molecule has 1 fully saturated rings. The van der Waals surface area contributed by atoms with Crippen LogP contribution in [-0.2, 0) is 26.2 Å². The van der Waals surface area contributed by atoms with Crippen molar-refractivity contribution in [2.24, 2.45) is 0 Å². The molecule has 8 nitrogen and oxygen atoms in total. The molecule has 9 heteroatoms. The number of nitrogens with zero attached hydrogens (tertiary/aromatic N) is 1. The molecule has 0 bridgehead atoms. The Hall–Kier alpha value is -3.56. The van der Waals surface area contributed by atoms with Gasteiger partial charge in [-0.05, 0) is 48.9 Å². The average Bonchev–Trinajstić information content (AvgIpc) is 2.86. The number of ether oxygens (including phenoxy) is 3. The van der Waals surface area contributed by atoms with Crippen LogP contribution in [0.25, 0.3) is 0 Å². The summed E-state index contributed by atoms with van der Waals surface area (Å²) in [6.07, 6.45) is -0.361. The van der Waals surface area contributed by atoms with Gasteiger partial charge in [-0.1, -0.05) is 29.8 Å². The number of aryl methyl sites for hydroxylation is 1. The van der Waals surface area contributed by atoms with E-state index in [1.165, 1.54) is 12.1 Å². The summed E-state index contributed by atoms with van der Waals surface area (Å²) in [6.45, 7) is 2.53. The van der Waals surface area contributed by atoms with Crippen molar-refractivity contribution in [1.29, 1.82) is 0 Å². The van der Waals surface area contributed by atoms with Gasteiger partial charge in [-0.25, -0.2) is 0 Å². The van der Waals surface area contributed by atoms with E-state index in [0.29, 0.717) is 24.6 Å². The lowest BCUT2D eigenvalue weighted by atomic mass is 10.1. The van der Waals surface area contributed by atoms with Gasteiger partial charge in [-0.3, -0.25) is 4.79 Å². The third-order valence-corrected chi connectivity index (χ3v) is 7.03. The predicted molar refractivity (Wildman–Crippen MR) is 129 cm³/mol. The van der Waals surface area contributed by atoms with Crippen molar-refractivity contribution in [2.45, 2.75) is 24.5 Å². The van der Waals surface area contributed by atoms with E-state index < -0.39 is 10.1 Å². The van der Waals surface area contributed by atoms with E-state index in [0.717, 1.165) is 16.7 Å². The van der Waals surface area contributed by atoms with Crippen LogP contribution in [0.1, 0.15) is 22.8 Å². The molecular formula is C26H27NO7S. The fourth-order valence-electron chi connectivity index (χ4n) is 3.78. The number of hydrogen-bond donors (Lipinski definition) is 0. The van der Waals surface area contributed by atoms with Crippen molar-refractivity contribution in [1.82, 2.24) is 4.90 Å². The van der Waals surface area contributed by atoms with E-state index in [-0.39, 0.29) is 29.3 Å². The number of carbonyl (C=O) groups excluding carboxylic acids is 1. The van der Waals surface area contributed by atoms with Gasteiger partial charge in [0, 0.05) is 18.2 Å². The standard InChI is InChI=1S/C26H27NO7S/c1-18-4-12-23(13-5-18)35(29,30)34-21-9-6-19(7-10-21)25-16-27(26(28)17-33-25)15-20-8-11-22(31-2)14-24(20)32-3/h4-14,25H,15-17H2,1-3H3. The lowest BCUT2D eigenvalue weighted by Gasteiger charge is -2.33. The molecule has 184 valence electrons. The zero-order chi connectivity index (χ0) is 25.0. The highest BCUT2D eigenvalue weighted by molar-refractivity contribution is 7.87. The lowest BCUT2D eigenvalue weighted by Crippen LogP contribution is -2.42. The third kappa shape index (κ3) is 5.75. The molecule has 0 spiro atoms. The van der Waals surface area contributed by atoms with E-state index in [9.17, 15) is 13.2 Å². The van der Waals surface area contributed by atoms with Gasteiger partial charge in [-0.2, -0.15) is 8.42 Å². The molecule has 0 aliphatic carbocycles. The first-order chi connectivity index (χ1) is 16.8. The van der Waals surface area contributed by atoms with Crippen LogP contribution in [0.15, 0.2) is 71.6 Å². The summed E-state index contributed by atoms with van der Waals surface area (Å²) in [5, 5.41) is 0. The number of amides is 1. The SMILES string of the molecule is COc1ccc(CN2CC(c3ccc(OS(=O)(=O)c4ccc(C)cc4)cc3)OCC2=O)c(OC)c1. The monoisotopic (exact) mass is 497 g/mol. The van der Waals surface area contributed by atoms with Gasteiger partial charge in [0.25, 0.3) is 0 Å². The molecule has 4 rings (SSSR count). The Bertz CT molecular complexity index is 1290. The molecule has 1 aliphatic rings. The van der Waals surface area contributed by atoms with Crippen LogP contribution in [0.4, 0.5) is 0 Å². The first kappa shape index (κ1) is 24.6. The minimum absolute atomic E-state index is 0.0524. The molecule has 1 aliphatic heterocycles. The fourth-order valence-corrected chi connectivity index (χ4v) is 4.71. The first-order valence-corrected chi connectivity index (χ1v) is 12.4. The Kier molecular flexibility index (Phi) is 7.28. The number of morpholine rings is 1. The summed E-state index contributed by atoms with van der Waals surface area (Å²) >= 11 is 0. The molecule has 35 heavy (non-hydrogen) atoms. The normalized spacial score (nSPS) is 16.1. The Morgan fingerprint density at radius 1 is 0.943 bits per heavy atom. The van der Waals surface area contributed by atoms with Gasteiger partial charge in [0.05, 0.1) is 20.8 Å². The van der Waals surface area contributed by atoms with Crippen LogP contribution in [0.5, 0.6) is 17.2 Å². The first-order valence-electron chi connectivity index (χ1n) is 11.0. The van der Waals surface area contributed by atoms with Crippen molar-refractivity contribution >= 4 is 16.0 Å². The second-order valence-corrected chi connectivity index (χ2v) is 9.72. The quantitative estimate of drug-likeness (QED) is 0.436. The van der Waals surface area contributed by atoms with E-state index in [4.69, 9.17) is 18.4 Å². The number of rotatable bonds is 8. The summed E-state index contributed by atoms with van der Waals surface area (Å²) in [4.78, 5) is 14.3. The van der Waals surface area contributed by atoms with E-state index in [2.05, 4.69) is 0 Å². The largest absolute Gasteiger partial charge is 0.497 e. The second kappa shape index (κ2) is 10.4. The highest BCUT2D eigenvalue weighted by Crippen LogP contribution is 2.30. The van der Waals surface area contributed by atoms with Crippen LogP contribution in [0.3, 0.4) is 0 Å². The molecule has 1 heterocycles. The zero-order valence-corrected chi connectivity index (χ0v) is 20.6. The van der Waals surface area contributed by atoms with Gasteiger partial charge in [0.15, 0.2) is 0 Å². The lowest BCUT2D eigenvalue weighted by molar-refractivity contribution is -0.150. The van der Waals surface area contributed by atoms with Crippen molar-refractivity contribution in [3.63, 3.8) is 0 Å². The van der Waals surface area contributed by atoms with E-state index in [1.54, 1.807) is 61.6 Å². The van der Waals surface area contributed by atoms with Crippen molar-refractivity contribution in [3.8, 4) is 17.2 Å². The smallest absolute Gasteiger partial charge is 0.339 e. The highest BCUT2D eigenvalue weighted by atomic mass is 32.2. The maximum atomic E-state index is 12.5.